The smallest absolute Gasteiger partial charge is 0.253 e. The van der Waals surface area contributed by atoms with Gasteiger partial charge in [-0.15, -0.1) is 0 Å². The van der Waals surface area contributed by atoms with Gasteiger partial charge < -0.3 is 15.4 Å². The third-order valence-corrected chi connectivity index (χ3v) is 5.17. The van der Waals surface area contributed by atoms with Crippen LogP contribution in [0.4, 0.5) is 4.39 Å². The summed E-state index contributed by atoms with van der Waals surface area (Å²) in [6, 6.07) is 12.5. The molecule has 1 aliphatic heterocycles. The molecule has 7 heteroatoms. The molecule has 2 N–H and O–H groups in total. The Morgan fingerprint density at radius 2 is 1.96 bits per heavy atom. The fourth-order valence-corrected chi connectivity index (χ4v) is 3.81. The zero-order valence-corrected chi connectivity index (χ0v) is 16.1. The van der Waals surface area contributed by atoms with Crippen LogP contribution >= 0.6 is 11.6 Å². The van der Waals surface area contributed by atoms with Crippen molar-refractivity contribution in [3.8, 4) is 5.75 Å². The van der Waals surface area contributed by atoms with Crippen LogP contribution < -0.4 is 10.5 Å². The topological polar surface area (TPSA) is 72.6 Å². The number of primary amides is 1. The summed E-state index contributed by atoms with van der Waals surface area (Å²) >= 11 is 6.00. The van der Waals surface area contributed by atoms with Gasteiger partial charge in [0.05, 0.1) is 6.61 Å². The van der Waals surface area contributed by atoms with Crippen molar-refractivity contribution in [2.24, 2.45) is 11.1 Å². The molecule has 1 atom stereocenters. The summed E-state index contributed by atoms with van der Waals surface area (Å²) in [6.07, 6.45) is 1.55. The van der Waals surface area contributed by atoms with Gasteiger partial charge in [-0.1, -0.05) is 17.7 Å². The number of rotatable bonds is 6. The van der Waals surface area contributed by atoms with Crippen LogP contribution in [0.5, 0.6) is 5.75 Å². The summed E-state index contributed by atoms with van der Waals surface area (Å²) in [5.74, 6) is -0.436. The molecule has 1 heterocycles. The molecular weight excluding hydrogens is 383 g/mol. The molecule has 0 radical (unpaired) electrons. The maximum absolute atomic E-state index is 13.1. The van der Waals surface area contributed by atoms with Crippen molar-refractivity contribution in [3.05, 3.63) is 64.9 Å². The first-order valence-electron chi connectivity index (χ1n) is 9.08. The van der Waals surface area contributed by atoms with Crippen molar-refractivity contribution in [2.45, 2.75) is 19.3 Å². The number of carbonyl (C=O) groups excluding carboxylic acids is 2. The van der Waals surface area contributed by atoms with E-state index in [2.05, 4.69) is 0 Å². The molecule has 1 fully saturated rings. The van der Waals surface area contributed by atoms with Crippen LogP contribution in [-0.4, -0.2) is 36.4 Å². The van der Waals surface area contributed by atoms with Crippen molar-refractivity contribution in [1.29, 1.82) is 0 Å². The van der Waals surface area contributed by atoms with E-state index in [9.17, 15) is 14.0 Å². The van der Waals surface area contributed by atoms with Gasteiger partial charge in [0.15, 0.2) is 0 Å². The molecule has 0 aliphatic carbocycles. The lowest BCUT2D eigenvalue weighted by atomic mass is 9.77. The minimum absolute atomic E-state index is 0.112. The highest BCUT2D eigenvalue weighted by atomic mass is 35.5. The molecule has 2 aromatic carbocycles. The molecule has 148 valence electrons. The van der Waals surface area contributed by atoms with Crippen molar-refractivity contribution in [1.82, 2.24) is 4.90 Å². The molecule has 3 rings (SSSR count). The van der Waals surface area contributed by atoms with Gasteiger partial charge in [-0.25, -0.2) is 4.39 Å². The number of halogens is 2. The molecule has 0 aromatic heterocycles. The maximum Gasteiger partial charge on any atom is 0.253 e. The third kappa shape index (κ3) is 5.01. The average Bonchev–Trinajstić information content (AvgIpc) is 2.66. The predicted molar refractivity (Wildman–Crippen MR) is 105 cm³/mol. The Hall–Kier alpha value is -2.60. The average molecular weight is 405 g/mol. The molecule has 1 aliphatic rings. The summed E-state index contributed by atoms with van der Waals surface area (Å²) < 4.78 is 19.0. The standard InChI is InChI=1S/C21H22ClFN2O3/c22-16-3-1-4-18(11-16)28-14-21(12-19(24)26)9-2-10-25(13-21)20(27)15-5-7-17(23)8-6-15/h1,3-8,11H,2,9-10,12-14H2,(H2,24,26)/t21-/m1/s1. The Kier molecular flexibility index (Phi) is 6.19. The first kappa shape index (κ1) is 20.1. The van der Waals surface area contributed by atoms with E-state index in [-0.39, 0.29) is 18.9 Å². The number of amides is 2. The second-order valence-electron chi connectivity index (χ2n) is 7.23. The van der Waals surface area contributed by atoms with Crippen molar-refractivity contribution < 1.29 is 18.7 Å². The van der Waals surface area contributed by atoms with Crippen LogP contribution in [0.2, 0.25) is 5.02 Å². The van der Waals surface area contributed by atoms with E-state index in [4.69, 9.17) is 22.1 Å². The molecule has 0 unspecified atom stereocenters. The fraction of sp³-hybridized carbons (Fsp3) is 0.333. The Balaban J connectivity index is 1.76. The fourth-order valence-electron chi connectivity index (χ4n) is 3.63. The first-order valence-corrected chi connectivity index (χ1v) is 9.46. The quantitative estimate of drug-likeness (QED) is 0.798. The lowest BCUT2D eigenvalue weighted by molar-refractivity contribution is -0.122. The Labute approximate surface area is 168 Å². The second-order valence-corrected chi connectivity index (χ2v) is 7.66. The van der Waals surface area contributed by atoms with Gasteiger partial charge in [-0.3, -0.25) is 9.59 Å². The van der Waals surface area contributed by atoms with Crippen LogP contribution in [0.25, 0.3) is 0 Å². The zero-order chi connectivity index (χ0) is 20.1. The molecular formula is C21H22ClFN2O3. The van der Waals surface area contributed by atoms with Crippen molar-refractivity contribution in [2.75, 3.05) is 19.7 Å². The molecule has 0 spiro atoms. The Morgan fingerprint density at radius 1 is 1.21 bits per heavy atom. The molecule has 1 saturated heterocycles. The number of nitrogens with two attached hydrogens (primary N) is 1. The molecule has 0 saturated carbocycles. The lowest BCUT2D eigenvalue weighted by Gasteiger charge is -2.42. The molecule has 5 nitrogen and oxygen atoms in total. The van der Waals surface area contributed by atoms with Gasteiger partial charge >= 0.3 is 0 Å². The molecule has 28 heavy (non-hydrogen) atoms. The summed E-state index contributed by atoms with van der Waals surface area (Å²) in [4.78, 5) is 26.2. The third-order valence-electron chi connectivity index (χ3n) is 4.93. The van der Waals surface area contributed by atoms with Gasteiger partial charge in [0, 0.05) is 35.5 Å². The van der Waals surface area contributed by atoms with Crippen LogP contribution in [0.1, 0.15) is 29.6 Å². The number of nitrogens with zero attached hydrogens (tertiary/aromatic N) is 1. The number of piperidine rings is 1. The van der Waals surface area contributed by atoms with Crippen molar-refractivity contribution >= 4 is 23.4 Å². The van der Waals surface area contributed by atoms with Crippen LogP contribution in [0.15, 0.2) is 48.5 Å². The zero-order valence-electron chi connectivity index (χ0n) is 15.4. The lowest BCUT2D eigenvalue weighted by Crippen LogP contribution is -2.50. The summed E-state index contributed by atoms with van der Waals surface area (Å²) in [7, 11) is 0. The van der Waals surface area contributed by atoms with E-state index in [0.29, 0.717) is 35.8 Å². The van der Waals surface area contributed by atoms with Crippen molar-refractivity contribution in [3.63, 3.8) is 0 Å². The summed E-state index contributed by atoms with van der Waals surface area (Å²) in [5, 5.41) is 0.554. The number of hydrogen-bond acceptors (Lipinski definition) is 3. The number of ether oxygens (including phenoxy) is 1. The second kappa shape index (κ2) is 8.61. The first-order chi connectivity index (χ1) is 13.4. The van der Waals surface area contributed by atoms with Gasteiger partial charge in [-0.05, 0) is 55.3 Å². The van der Waals surface area contributed by atoms with Crippen LogP contribution in [0.3, 0.4) is 0 Å². The highest BCUT2D eigenvalue weighted by Gasteiger charge is 2.39. The Bertz CT molecular complexity index is 859. The van der Waals surface area contributed by atoms with Gasteiger partial charge in [0.25, 0.3) is 5.91 Å². The summed E-state index contributed by atoms with van der Waals surface area (Å²) in [5.41, 5.74) is 5.32. The largest absolute Gasteiger partial charge is 0.493 e. The van der Waals surface area contributed by atoms with E-state index in [0.717, 1.165) is 6.42 Å². The van der Waals surface area contributed by atoms with E-state index in [1.165, 1.54) is 24.3 Å². The number of carbonyl (C=O) groups is 2. The highest BCUT2D eigenvalue weighted by molar-refractivity contribution is 6.30. The predicted octanol–water partition coefficient (Wildman–Crippen LogP) is 3.66. The number of benzene rings is 2. The molecule has 2 amide bonds. The minimum Gasteiger partial charge on any atom is -0.493 e. The van der Waals surface area contributed by atoms with E-state index < -0.39 is 17.1 Å². The molecule has 2 aromatic rings. The number of hydrogen-bond donors (Lipinski definition) is 1. The van der Waals surface area contributed by atoms with Gasteiger partial charge in [0.2, 0.25) is 5.91 Å². The Morgan fingerprint density at radius 3 is 2.64 bits per heavy atom. The summed E-state index contributed by atoms with van der Waals surface area (Å²) in [6.45, 7) is 1.14. The normalized spacial score (nSPS) is 19.3. The monoisotopic (exact) mass is 404 g/mol. The van der Waals surface area contributed by atoms with E-state index in [1.54, 1.807) is 29.2 Å². The number of likely N-dealkylation sites (tertiary alicyclic amines) is 1. The highest BCUT2D eigenvalue weighted by Crippen LogP contribution is 2.35. The van der Waals surface area contributed by atoms with E-state index in [1.807, 2.05) is 0 Å². The minimum atomic E-state index is -0.581. The van der Waals surface area contributed by atoms with Gasteiger partial charge in [-0.2, -0.15) is 0 Å². The van der Waals surface area contributed by atoms with Crippen LogP contribution in [0, 0.1) is 11.2 Å². The van der Waals surface area contributed by atoms with Gasteiger partial charge in [0.1, 0.15) is 11.6 Å². The van der Waals surface area contributed by atoms with Crippen LogP contribution in [-0.2, 0) is 4.79 Å². The van der Waals surface area contributed by atoms with E-state index >= 15 is 0 Å². The SMILES string of the molecule is NC(=O)C[C@]1(COc2cccc(Cl)c2)CCCN(C(=O)c2ccc(F)cc2)C1. The maximum atomic E-state index is 13.1. The molecule has 0 bridgehead atoms.